The summed E-state index contributed by atoms with van der Waals surface area (Å²) in [6.07, 6.45) is 3.31. The predicted molar refractivity (Wildman–Crippen MR) is 57.0 cm³/mol. The monoisotopic (exact) mass is 188 g/mol. The van der Waals surface area contributed by atoms with Gasteiger partial charge in [0.1, 0.15) is 0 Å². The highest BCUT2D eigenvalue weighted by atomic mass is 15.7. The minimum Gasteiger partial charge on any atom is -0.330 e. The van der Waals surface area contributed by atoms with Crippen LogP contribution in [0.1, 0.15) is 33.1 Å². The summed E-state index contributed by atoms with van der Waals surface area (Å²) in [6, 6.07) is 0. The van der Waals surface area contributed by atoms with Crippen molar-refractivity contribution in [3.05, 3.63) is 0 Å². The van der Waals surface area contributed by atoms with Crippen LogP contribution in [0.25, 0.3) is 0 Å². The molecule has 0 radical (unpaired) electrons. The topological polar surface area (TPSA) is 53.3 Å². The van der Waals surface area contributed by atoms with Crippen molar-refractivity contribution in [2.75, 3.05) is 26.2 Å². The van der Waals surface area contributed by atoms with Gasteiger partial charge in [-0.05, 0) is 25.8 Å². The van der Waals surface area contributed by atoms with Gasteiger partial charge in [-0.3, -0.25) is 0 Å². The lowest BCUT2D eigenvalue weighted by Crippen LogP contribution is -2.49. The Morgan fingerprint density at radius 1 is 1.08 bits per heavy atom. The van der Waals surface area contributed by atoms with Gasteiger partial charge >= 0.3 is 0 Å². The third-order valence-electron chi connectivity index (χ3n) is 1.69. The summed E-state index contributed by atoms with van der Waals surface area (Å²) in [6.45, 7) is 8.07. The molecule has 0 unspecified atom stereocenters. The Bertz CT molecular complexity index is 78.6. The van der Waals surface area contributed by atoms with Gasteiger partial charge in [-0.25, -0.2) is 10.9 Å². The molecule has 0 saturated heterocycles. The van der Waals surface area contributed by atoms with Gasteiger partial charge in [0.05, 0.1) is 0 Å². The first-order valence-electron chi connectivity index (χ1n) is 5.29. The summed E-state index contributed by atoms with van der Waals surface area (Å²) in [7, 11) is 0. The molecule has 0 aliphatic rings. The van der Waals surface area contributed by atoms with E-state index in [-0.39, 0.29) is 0 Å². The third kappa shape index (κ3) is 8.18. The SMILES string of the molecule is CCCNN(CCCN)NCCC. The van der Waals surface area contributed by atoms with Gasteiger partial charge in [0.15, 0.2) is 0 Å². The minimum absolute atomic E-state index is 0.748. The molecular weight excluding hydrogens is 164 g/mol. The second-order valence-corrected chi connectivity index (χ2v) is 3.11. The Balaban J connectivity index is 3.47. The van der Waals surface area contributed by atoms with Gasteiger partial charge < -0.3 is 5.73 Å². The normalized spacial score (nSPS) is 11.1. The molecule has 4 heteroatoms. The molecule has 0 saturated carbocycles. The van der Waals surface area contributed by atoms with Crippen molar-refractivity contribution in [2.45, 2.75) is 33.1 Å². The zero-order valence-electron chi connectivity index (χ0n) is 8.97. The molecule has 0 heterocycles. The van der Waals surface area contributed by atoms with E-state index in [4.69, 9.17) is 5.73 Å². The van der Waals surface area contributed by atoms with Crippen molar-refractivity contribution < 1.29 is 0 Å². The fourth-order valence-electron chi connectivity index (χ4n) is 0.957. The summed E-state index contributed by atoms with van der Waals surface area (Å²) in [4.78, 5) is 0. The van der Waals surface area contributed by atoms with Gasteiger partial charge in [0.25, 0.3) is 0 Å². The fraction of sp³-hybridized carbons (Fsp3) is 1.00. The van der Waals surface area contributed by atoms with Crippen molar-refractivity contribution in [2.24, 2.45) is 5.73 Å². The zero-order valence-corrected chi connectivity index (χ0v) is 8.97. The van der Waals surface area contributed by atoms with Crippen molar-refractivity contribution >= 4 is 0 Å². The average Bonchev–Trinajstić information content (AvgIpc) is 2.17. The maximum atomic E-state index is 5.45. The Morgan fingerprint density at radius 3 is 2.00 bits per heavy atom. The van der Waals surface area contributed by atoms with Gasteiger partial charge in [-0.15, -0.1) is 0 Å². The molecule has 0 aliphatic heterocycles. The van der Waals surface area contributed by atoms with Crippen LogP contribution < -0.4 is 16.6 Å². The van der Waals surface area contributed by atoms with E-state index in [1.165, 1.54) is 0 Å². The van der Waals surface area contributed by atoms with Gasteiger partial charge in [0.2, 0.25) is 0 Å². The van der Waals surface area contributed by atoms with E-state index >= 15 is 0 Å². The number of nitrogens with one attached hydrogen (secondary N) is 2. The molecule has 4 N–H and O–H groups in total. The summed E-state index contributed by atoms with van der Waals surface area (Å²) in [5.41, 5.74) is 12.1. The van der Waals surface area contributed by atoms with E-state index in [1.54, 1.807) is 0 Å². The smallest absolute Gasteiger partial charge is 0.0300 e. The van der Waals surface area contributed by atoms with E-state index in [9.17, 15) is 0 Å². The molecule has 0 rings (SSSR count). The summed E-state index contributed by atoms with van der Waals surface area (Å²) in [5.74, 6) is 0. The van der Waals surface area contributed by atoms with Crippen LogP contribution in [-0.4, -0.2) is 31.3 Å². The van der Waals surface area contributed by atoms with Gasteiger partial charge in [0, 0.05) is 19.6 Å². The molecule has 0 amide bonds. The zero-order chi connectivity index (χ0) is 9.94. The van der Waals surface area contributed by atoms with Crippen LogP contribution >= 0.6 is 0 Å². The molecule has 0 fully saturated rings. The van der Waals surface area contributed by atoms with Gasteiger partial charge in [-0.2, -0.15) is 5.12 Å². The maximum absolute atomic E-state index is 5.45. The molecule has 4 nitrogen and oxygen atoms in total. The van der Waals surface area contributed by atoms with Crippen LogP contribution in [0.2, 0.25) is 0 Å². The van der Waals surface area contributed by atoms with Crippen LogP contribution in [0, 0.1) is 0 Å². The lowest BCUT2D eigenvalue weighted by atomic mass is 10.4. The highest BCUT2D eigenvalue weighted by molar-refractivity contribution is 4.48. The van der Waals surface area contributed by atoms with E-state index in [2.05, 4.69) is 29.8 Å². The van der Waals surface area contributed by atoms with Crippen LogP contribution in [-0.2, 0) is 0 Å². The van der Waals surface area contributed by atoms with E-state index < -0.39 is 0 Å². The number of hydrazine groups is 2. The molecule has 13 heavy (non-hydrogen) atoms. The number of nitrogens with two attached hydrogens (primary N) is 1. The molecule has 0 bridgehead atoms. The van der Waals surface area contributed by atoms with Gasteiger partial charge in [-0.1, -0.05) is 13.8 Å². The van der Waals surface area contributed by atoms with E-state index in [0.29, 0.717) is 0 Å². The van der Waals surface area contributed by atoms with Crippen LogP contribution in [0.4, 0.5) is 0 Å². The molecule has 0 aromatic carbocycles. The first-order valence-corrected chi connectivity index (χ1v) is 5.29. The lowest BCUT2D eigenvalue weighted by Gasteiger charge is -2.23. The van der Waals surface area contributed by atoms with E-state index in [1.807, 2.05) is 0 Å². The molecule has 80 valence electrons. The van der Waals surface area contributed by atoms with Crippen LogP contribution in [0.15, 0.2) is 0 Å². The number of hydrogen-bond acceptors (Lipinski definition) is 4. The number of hydrogen-bond donors (Lipinski definition) is 3. The first kappa shape index (κ1) is 12.8. The quantitative estimate of drug-likeness (QED) is 0.460. The molecular formula is C9H24N4. The molecule has 0 aromatic rings. The number of rotatable bonds is 9. The average molecular weight is 188 g/mol. The predicted octanol–water partition coefficient (Wildman–Crippen LogP) is 0.466. The summed E-state index contributed by atoms with van der Waals surface area (Å²) >= 11 is 0. The second-order valence-electron chi connectivity index (χ2n) is 3.11. The summed E-state index contributed by atoms with van der Waals surface area (Å²) in [5, 5.41) is 2.06. The Kier molecular flexibility index (Phi) is 9.80. The molecule has 0 aliphatic carbocycles. The van der Waals surface area contributed by atoms with Crippen molar-refractivity contribution in [1.82, 2.24) is 16.0 Å². The first-order chi connectivity index (χ1) is 6.35. The Morgan fingerprint density at radius 2 is 1.62 bits per heavy atom. The third-order valence-corrected chi connectivity index (χ3v) is 1.69. The minimum atomic E-state index is 0.748. The van der Waals surface area contributed by atoms with Crippen LogP contribution in [0.3, 0.4) is 0 Å². The lowest BCUT2D eigenvalue weighted by molar-refractivity contribution is 0.113. The molecule has 0 spiro atoms. The fourth-order valence-corrected chi connectivity index (χ4v) is 0.957. The standard InChI is InChI=1S/C9H24N4/c1-3-7-11-13(9-5-6-10)12-8-4-2/h11-12H,3-10H2,1-2H3. The Hall–Kier alpha value is -0.160. The van der Waals surface area contributed by atoms with Crippen molar-refractivity contribution in [3.63, 3.8) is 0 Å². The molecule has 0 atom stereocenters. The Labute approximate surface area is 81.8 Å². The maximum Gasteiger partial charge on any atom is 0.0300 e. The molecule has 0 aromatic heterocycles. The highest BCUT2D eigenvalue weighted by Crippen LogP contribution is 1.83. The van der Waals surface area contributed by atoms with Crippen LogP contribution in [0.5, 0.6) is 0 Å². The summed E-state index contributed by atoms with van der Waals surface area (Å²) < 4.78 is 0. The largest absolute Gasteiger partial charge is 0.330 e. The van der Waals surface area contributed by atoms with E-state index in [0.717, 1.165) is 45.4 Å². The number of nitrogens with zero attached hydrogens (tertiary/aromatic N) is 1. The highest BCUT2D eigenvalue weighted by Gasteiger charge is 1.99. The second kappa shape index (κ2) is 9.92. The van der Waals surface area contributed by atoms with Crippen molar-refractivity contribution in [1.29, 1.82) is 0 Å². The van der Waals surface area contributed by atoms with Crippen molar-refractivity contribution in [3.8, 4) is 0 Å².